The molecule has 0 aliphatic carbocycles. The Morgan fingerprint density at radius 1 is 0.417 bits per heavy atom. The number of hydrogen-bond acceptors (Lipinski definition) is 13. The fourth-order valence-electron chi connectivity index (χ4n) is 8.57. The number of hydrogen-bond donors (Lipinski definition) is 1. The van der Waals surface area contributed by atoms with E-state index in [1.54, 1.807) is 14.2 Å². The summed E-state index contributed by atoms with van der Waals surface area (Å²) in [5, 5.41) is 12.3. The second kappa shape index (κ2) is 27.8. The van der Waals surface area contributed by atoms with Gasteiger partial charge in [0.05, 0.1) is 67.1 Å². The van der Waals surface area contributed by atoms with Crippen molar-refractivity contribution in [1.29, 1.82) is 0 Å². The molecule has 5 unspecified atom stereocenters. The molecule has 2 aliphatic rings. The van der Waals surface area contributed by atoms with Crippen molar-refractivity contribution in [3.05, 3.63) is 203 Å². The van der Waals surface area contributed by atoms with Gasteiger partial charge in [-0.3, -0.25) is 0 Å². The molecule has 2 heterocycles. The molecule has 72 heavy (non-hydrogen) atoms. The van der Waals surface area contributed by atoms with Gasteiger partial charge >= 0.3 is 0 Å². The van der Waals surface area contributed by atoms with E-state index < -0.39 is 61.4 Å². The van der Waals surface area contributed by atoms with Crippen molar-refractivity contribution in [2.45, 2.75) is 101 Å². The molecule has 6 aromatic rings. The SMILES string of the molecule is C#CCO[C@@H]1C(COCc2ccc(OC)cc2)O[C@H](O[C@H]2OC(COCc3ccc(OC)cc3)[C@@H](O)C(OCc3ccccc3)C2OCc2ccccc2)[C@@H](OCc2ccccc2)C1OCc1ccccc1. The Labute approximate surface area is 422 Å². The second-order valence-electron chi connectivity index (χ2n) is 17.5. The summed E-state index contributed by atoms with van der Waals surface area (Å²) >= 11 is 0. The first-order valence-corrected chi connectivity index (χ1v) is 24.2. The van der Waals surface area contributed by atoms with Gasteiger partial charge in [-0.05, 0) is 57.6 Å². The zero-order valence-electron chi connectivity index (χ0n) is 40.7. The van der Waals surface area contributed by atoms with Crippen molar-refractivity contribution in [2.75, 3.05) is 34.0 Å². The molecule has 378 valence electrons. The van der Waals surface area contributed by atoms with E-state index in [1.807, 2.05) is 170 Å². The second-order valence-corrected chi connectivity index (χ2v) is 17.5. The lowest BCUT2D eigenvalue weighted by molar-refractivity contribution is -0.392. The molecule has 0 spiro atoms. The fourth-order valence-corrected chi connectivity index (χ4v) is 8.57. The van der Waals surface area contributed by atoms with E-state index in [-0.39, 0.29) is 59.5 Å². The lowest BCUT2D eigenvalue weighted by Crippen LogP contribution is -2.65. The van der Waals surface area contributed by atoms with E-state index in [9.17, 15) is 5.11 Å². The average Bonchev–Trinajstić information content (AvgIpc) is 3.43. The van der Waals surface area contributed by atoms with Gasteiger partial charge in [-0.2, -0.15) is 0 Å². The van der Waals surface area contributed by atoms with E-state index in [0.29, 0.717) is 0 Å². The first kappa shape index (κ1) is 52.4. The molecule has 0 radical (unpaired) electrons. The maximum Gasteiger partial charge on any atom is 0.190 e. The average molecular weight is 981 g/mol. The quantitative estimate of drug-likeness (QED) is 0.0521. The monoisotopic (exact) mass is 980 g/mol. The normalized spacial score (nSPS) is 24.0. The van der Waals surface area contributed by atoms with Crippen molar-refractivity contribution in [3.63, 3.8) is 0 Å². The molecular formula is C59H64O13. The van der Waals surface area contributed by atoms with E-state index >= 15 is 0 Å². The van der Waals surface area contributed by atoms with Gasteiger partial charge in [0.25, 0.3) is 0 Å². The predicted molar refractivity (Wildman–Crippen MR) is 268 cm³/mol. The Kier molecular flexibility index (Phi) is 20.2. The number of aliphatic hydroxyl groups excluding tert-OH is 1. The van der Waals surface area contributed by atoms with Crippen molar-refractivity contribution in [2.24, 2.45) is 0 Å². The third-order valence-corrected chi connectivity index (χ3v) is 12.4. The number of ether oxygens (including phenoxy) is 12. The van der Waals surface area contributed by atoms with Gasteiger partial charge in [0.15, 0.2) is 12.6 Å². The summed E-state index contributed by atoms with van der Waals surface area (Å²) in [6.45, 7) is 1.19. The number of aliphatic hydroxyl groups is 1. The van der Waals surface area contributed by atoms with Gasteiger partial charge in [-0.25, -0.2) is 0 Å². The maximum atomic E-state index is 12.3. The van der Waals surface area contributed by atoms with Crippen molar-refractivity contribution in [3.8, 4) is 23.8 Å². The molecule has 13 nitrogen and oxygen atoms in total. The largest absolute Gasteiger partial charge is 0.497 e. The summed E-state index contributed by atoms with van der Waals surface area (Å²) in [5.41, 5.74) is 5.48. The molecule has 2 aliphatic heterocycles. The Balaban J connectivity index is 1.14. The smallest absolute Gasteiger partial charge is 0.190 e. The molecule has 6 aromatic carbocycles. The van der Waals surface area contributed by atoms with Gasteiger partial charge in [-0.1, -0.05) is 152 Å². The molecule has 13 heteroatoms. The molecule has 10 atom stereocenters. The summed E-state index contributed by atoms with van der Waals surface area (Å²) in [5.74, 6) is 4.09. The molecule has 0 amide bonds. The summed E-state index contributed by atoms with van der Waals surface area (Å²) in [4.78, 5) is 0. The van der Waals surface area contributed by atoms with E-state index in [4.69, 9.17) is 63.3 Å². The van der Waals surface area contributed by atoms with Crippen LogP contribution in [-0.4, -0.2) is 101 Å². The van der Waals surface area contributed by atoms with Gasteiger partial charge in [-0.15, -0.1) is 6.42 Å². The maximum absolute atomic E-state index is 12.3. The van der Waals surface area contributed by atoms with Crippen LogP contribution in [0.15, 0.2) is 170 Å². The molecular weight excluding hydrogens is 917 g/mol. The highest BCUT2D eigenvalue weighted by Gasteiger charge is 2.54. The zero-order valence-corrected chi connectivity index (χ0v) is 40.7. The molecule has 0 aromatic heterocycles. The van der Waals surface area contributed by atoms with Gasteiger partial charge < -0.3 is 61.9 Å². The topological polar surface area (TPSA) is 131 Å². The third kappa shape index (κ3) is 15.0. The minimum Gasteiger partial charge on any atom is -0.497 e. The number of benzene rings is 6. The molecule has 1 N–H and O–H groups in total. The first-order chi connectivity index (χ1) is 35.5. The molecule has 2 saturated heterocycles. The number of terminal acetylenes is 1. The van der Waals surface area contributed by atoms with Crippen molar-refractivity contribution >= 4 is 0 Å². The Hall–Kier alpha value is -5.96. The van der Waals surface area contributed by atoms with Crippen molar-refractivity contribution in [1.82, 2.24) is 0 Å². The van der Waals surface area contributed by atoms with Crippen LogP contribution in [0.25, 0.3) is 0 Å². The number of rotatable bonds is 26. The van der Waals surface area contributed by atoms with Crippen LogP contribution in [0, 0.1) is 12.3 Å². The molecule has 0 bridgehead atoms. The van der Waals surface area contributed by atoms with Crippen LogP contribution < -0.4 is 9.47 Å². The van der Waals surface area contributed by atoms with Gasteiger partial charge in [0, 0.05) is 0 Å². The Morgan fingerprint density at radius 3 is 1.19 bits per heavy atom. The Bertz CT molecular complexity index is 2480. The highest BCUT2D eigenvalue weighted by molar-refractivity contribution is 5.28. The van der Waals surface area contributed by atoms with Crippen LogP contribution in [0.5, 0.6) is 11.5 Å². The van der Waals surface area contributed by atoms with Gasteiger partial charge in [0.2, 0.25) is 0 Å². The van der Waals surface area contributed by atoms with E-state index in [0.717, 1.165) is 44.9 Å². The van der Waals surface area contributed by atoms with Crippen LogP contribution in [0.2, 0.25) is 0 Å². The third-order valence-electron chi connectivity index (χ3n) is 12.4. The minimum atomic E-state index is -1.22. The van der Waals surface area contributed by atoms with Crippen molar-refractivity contribution < 1.29 is 61.9 Å². The van der Waals surface area contributed by atoms with Crippen LogP contribution in [0.3, 0.4) is 0 Å². The molecule has 2 fully saturated rings. The number of methoxy groups -OCH3 is 2. The predicted octanol–water partition coefficient (Wildman–Crippen LogP) is 8.62. The van der Waals surface area contributed by atoms with Gasteiger partial charge in [0.1, 0.15) is 66.9 Å². The lowest BCUT2D eigenvalue weighted by atomic mass is 9.96. The highest BCUT2D eigenvalue weighted by Crippen LogP contribution is 2.36. The van der Waals surface area contributed by atoms with E-state index in [2.05, 4.69) is 5.92 Å². The highest BCUT2D eigenvalue weighted by atomic mass is 16.8. The molecule has 8 rings (SSSR count). The van der Waals surface area contributed by atoms with Crippen LogP contribution >= 0.6 is 0 Å². The standard InChI is InChI=1S/C59H64O13/c1-4-33-65-53-51(41-64-35-47-27-31-49(62-3)32-28-47)71-59(57(69-39-45-23-15-8-16-24-45)55(53)67-37-43-19-11-6-12-20-43)72-58-56(68-38-44-21-13-7-14-22-44)54(66-36-42-17-9-5-10-18-42)52(60)50(70-58)40-63-34-46-25-29-48(61-2)30-26-46/h1,5-32,50-60H,33-41H2,2-3H3/t50?,51?,52-,53-,54?,55?,56?,57+,58-,59-/m1/s1. The van der Waals surface area contributed by atoms with Crippen LogP contribution in [0.1, 0.15) is 33.4 Å². The summed E-state index contributed by atoms with van der Waals surface area (Å²) < 4.78 is 78.1. The summed E-state index contributed by atoms with van der Waals surface area (Å²) in [6.07, 6.45) is -4.09. The minimum absolute atomic E-state index is 0.0181. The van der Waals surface area contributed by atoms with E-state index in [1.165, 1.54) is 0 Å². The first-order valence-electron chi connectivity index (χ1n) is 24.2. The Morgan fingerprint density at radius 2 is 0.778 bits per heavy atom. The zero-order chi connectivity index (χ0) is 49.7. The van der Waals surface area contributed by atoms with Crippen LogP contribution in [0.4, 0.5) is 0 Å². The fraction of sp³-hybridized carbons (Fsp3) is 0.356. The summed E-state index contributed by atoms with van der Waals surface area (Å²) in [6, 6.07) is 54.4. The lowest BCUT2D eigenvalue weighted by Gasteiger charge is -2.49. The molecule has 0 saturated carbocycles. The van der Waals surface area contributed by atoms with Crippen LogP contribution in [-0.2, 0) is 87.0 Å². The summed E-state index contributed by atoms with van der Waals surface area (Å²) in [7, 11) is 3.25.